The van der Waals surface area contributed by atoms with Crippen molar-refractivity contribution in [2.24, 2.45) is 0 Å². The molecule has 0 bridgehead atoms. The van der Waals surface area contributed by atoms with E-state index in [4.69, 9.17) is 4.74 Å². The molecule has 0 spiro atoms. The van der Waals surface area contributed by atoms with Crippen molar-refractivity contribution >= 4 is 22.8 Å². The number of hydrogen-bond acceptors (Lipinski definition) is 6. The summed E-state index contributed by atoms with van der Waals surface area (Å²) in [5, 5.41) is 11.1. The van der Waals surface area contributed by atoms with Crippen LogP contribution in [0, 0.1) is 12.7 Å². The minimum atomic E-state index is -0.549. The number of nitrogens with one attached hydrogen (secondary N) is 2. The third kappa shape index (κ3) is 4.30. The summed E-state index contributed by atoms with van der Waals surface area (Å²) < 4.78 is 20.6. The second-order valence-corrected chi connectivity index (χ2v) is 6.77. The molecule has 0 atom stereocenters. The zero-order valence-electron chi connectivity index (χ0n) is 17.1. The smallest absolute Gasteiger partial charge is 0.254 e. The Hall–Kier alpha value is -4.01. The van der Waals surface area contributed by atoms with Gasteiger partial charge in [0.05, 0.1) is 29.9 Å². The van der Waals surface area contributed by atoms with E-state index in [9.17, 15) is 9.18 Å². The Bertz CT molecular complexity index is 1220. The molecule has 0 aliphatic carbocycles. The molecule has 158 valence electrons. The number of rotatable bonds is 7. The Morgan fingerprint density at radius 2 is 1.87 bits per heavy atom. The lowest BCUT2D eigenvalue weighted by Crippen LogP contribution is -2.29. The maximum absolute atomic E-state index is 13.7. The fourth-order valence-electron chi connectivity index (χ4n) is 3.16. The van der Waals surface area contributed by atoms with Gasteiger partial charge in [-0.25, -0.2) is 19.0 Å². The van der Waals surface area contributed by atoms with E-state index in [1.165, 1.54) is 12.1 Å². The van der Waals surface area contributed by atoms with Crippen LogP contribution in [0.5, 0.6) is 5.75 Å². The van der Waals surface area contributed by atoms with Crippen LogP contribution in [-0.4, -0.2) is 45.9 Å². The van der Waals surface area contributed by atoms with Crippen LogP contribution in [0.2, 0.25) is 0 Å². The first-order valence-corrected chi connectivity index (χ1v) is 9.70. The molecule has 1 amide bonds. The normalized spacial score (nSPS) is 10.8. The average Bonchev–Trinajstić information content (AvgIpc) is 3.20. The summed E-state index contributed by atoms with van der Waals surface area (Å²) in [5.41, 5.74) is 1.52. The SMILES string of the molecule is COc1ccc(-n2ncc3c(NCCNC(=O)c4ccccc4F)nc(C)nc32)cc1. The van der Waals surface area contributed by atoms with E-state index in [1.54, 1.807) is 37.0 Å². The van der Waals surface area contributed by atoms with Crippen molar-refractivity contribution in [2.75, 3.05) is 25.5 Å². The van der Waals surface area contributed by atoms with Crippen molar-refractivity contribution in [2.45, 2.75) is 6.92 Å². The Balaban J connectivity index is 1.47. The molecule has 0 aliphatic heterocycles. The third-order valence-corrected chi connectivity index (χ3v) is 4.68. The largest absolute Gasteiger partial charge is 0.497 e. The van der Waals surface area contributed by atoms with Gasteiger partial charge in [0.2, 0.25) is 0 Å². The van der Waals surface area contributed by atoms with Gasteiger partial charge in [0.25, 0.3) is 5.91 Å². The number of ether oxygens (including phenoxy) is 1. The molecule has 0 saturated heterocycles. The van der Waals surface area contributed by atoms with Gasteiger partial charge in [-0.3, -0.25) is 4.79 Å². The van der Waals surface area contributed by atoms with Crippen LogP contribution in [-0.2, 0) is 0 Å². The molecule has 31 heavy (non-hydrogen) atoms. The van der Waals surface area contributed by atoms with Crippen molar-refractivity contribution in [3.63, 3.8) is 0 Å². The monoisotopic (exact) mass is 420 g/mol. The minimum Gasteiger partial charge on any atom is -0.497 e. The molecule has 4 rings (SSSR count). The number of methoxy groups -OCH3 is 1. The van der Waals surface area contributed by atoms with Crippen molar-refractivity contribution in [1.82, 2.24) is 25.1 Å². The highest BCUT2D eigenvalue weighted by Crippen LogP contribution is 2.23. The van der Waals surface area contributed by atoms with Crippen LogP contribution in [0.25, 0.3) is 16.7 Å². The molecule has 2 heterocycles. The highest BCUT2D eigenvalue weighted by molar-refractivity contribution is 5.94. The molecule has 0 saturated carbocycles. The molecular formula is C22H21FN6O2. The van der Waals surface area contributed by atoms with E-state index >= 15 is 0 Å². The van der Waals surface area contributed by atoms with Crippen LogP contribution in [0.3, 0.4) is 0 Å². The number of nitrogens with zero attached hydrogens (tertiary/aromatic N) is 4. The molecular weight excluding hydrogens is 399 g/mol. The van der Waals surface area contributed by atoms with Gasteiger partial charge < -0.3 is 15.4 Å². The van der Waals surface area contributed by atoms with Gasteiger partial charge in [-0.1, -0.05) is 12.1 Å². The minimum absolute atomic E-state index is 0.0172. The molecule has 0 radical (unpaired) electrons. The number of carbonyl (C=O) groups is 1. The molecule has 9 heteroatoms. The van der Waals surface area contributed by atoms with Gasteiger partial charge in [-0.2, -0.15) is 5.10 Å². The van der Waals surface area contributed by atoms with Crippen LogP contribution >= 0.6 is 0 Å². The number of amides is 1. The zero-order chi connectivity index (χ0) is 21.8. The predicted molar refractivity (Wildman–Crippen MR) is 115 cm³/mol. The Kier molecular flexibility index (Phi) is 5.74. The van der Waals surface area contributed by atoms with E-state index in [1.807, 2.05) is 24.3 Å². The Morgan fingerprint density at radius 3 is 2.61 bits per heavy atom. The highest BCUT2D eigenvalue weighted by atomic mass is 19.1. The van der Waals surface area contributed by atoms with Gasteiger partial charge >= 0.3 is 0 Å². The first kappa shape index (κ1) is 20.3. The number of benzene rings is 2. The zero-order valence-corrected chi connectivity index (χ0v) is 17.1. The fourth-order valence-corrected chi connectivity index (χ4v) is 3.16. The Morgan fingerprint density at radius 1 is 1.10 bits per heavy atom. The lowest BCUT2D eigenvalue weighted by atomic mass is 10.2. The number of halogens is 1. The topological polar surface area (TPSA) is 94.0 Å². The van der Waals surface area contributed by atoms with Crippen LogP contribution < -0.4 is 15.4 Å². The number of anilines is 1. The fraction of sp³-hybridized carbons (Fsp3) is 0.182. The van der Waals surface area contributed by atoms with Gasteiger partial charge in [0.1, 0.15) is 23.2 Å². The van der Waals surface area contributed by atoms with Crippen molar-refractivity contribution < 1.29 is 13.9 Å². The quantitative estimate of drug-likeness (QED) is 0.446. The number of carbonyl (C=O) groups excluding carboxylic acids is 1. The van der Waals surface area contributed by atoms with Crippen molar-refractivity contribution in [1.29, 1.82) is 0 Å². The number of hydrogen-bond donors (Lipinski definition) is 2. The lowest BCUT2D eigenvalue weighted by Gasteiger charge is -2.10. The van der Waals surface area contributed by atoms with E-state index in [0.717, 1.165) is 16.8 Å². The van der Waals surface area contributed by atoms with Crippen LogP contribution in [0.15, 0.2) is 54.7 Å². The summed E-state index contributed by atoms with van der Waals surface area (Å²) in [6.07, 6.45) is 1.69. The van der Waals surface area contributed by atoms with Gasteiger partial charge in [-0.15, -0.1) is 0 Å². The van der Waals surface area contributed by atoms with Crippen molar-refractivity contribution in [3.8, 4) is 11.4 Å². The average molecular weight is 420 g/mol. The molecule has 0 unspecified atom stereocenters. The second kappa shape index (κ2) is 8.78. The summed E-state index contributed by atoms with van der Waals surface area (Å²) in [6, 6.07) is 13.4. The van der Waals surface area contributed by atoms with Gasteiger partial charge in [0, 0.05) is 13.1 Å². The maximum atomic E-state index is 13.7. The highest BCUT2D eigenvalue weighted by Gasteiger charge is 2.13. The Labute approximate surface area is 178 Å². The van der Waals surface area contributed by atoms with Crippen LogP contribution in [0.4, 0.5) is 10.2 Å². The maximum Gasteiger partial charge on any atom is 0.254 e. The van der Waals surface area contributed by atoms with E-state index in [-0.39, 0.29) is 5.56 Å². The summed E-state index contributed by atoms with van der Waals surface area (Å²) in [7, 11) is 1.62. The van der Waals surface area contributed by atoms with Crippen molar-refractivity contribution in [3.05, 3.63) is 71.9 Å². The number of aryl methyl sites for hydroxylation is 1. The predicted octanol–water partition coefficient (Wildman–Crippen LogP) is 3.11. The standard InChI is InChI=1S/C22H21FN6O2/c1-14-27-20(24-11-12-25-22(30)17-5-3-4-6-19(17)23)18-13-26-29(21(18)28-14)15-7-9-16(31-2)10-8-15/h3-10,13H,11-12H2,1-2H3,(H,25,30)(H,24,27,28). The molecule has 2 N–H and O–H groups in total. The van der Waals surface area contributed by atoms with Gasteiger partial charge in [0.15, 0.2) is 5.65 Å². The molecule has 0 fully saturated rings. The lowest BCUT2D eigenvalue weighted by molar-refractivity contribution is 0.0951. The molecule has 8 nitrogen and oxygen atoms in total. The first-order chi connectivity index (χ1) is 15.1. The molecule has 0 aliphatic rings. The van der Waals surface area contributed by atoms with Crippen LogP contribution in [0.1, 0.15) is 16.2 Å². The first-order valence-electron chi connectivity index (χ1n) is 9.70. The third-order valence-electron chi connectivity index (χ3n) is 4.68. The summed E-state index contributed by atoms with van der Waals surface area (Å²) >= 11 is 0. The van der Waals surface area contributed by atoms with E-state index in [0.29, 0.717) is 30.4 Å². The molecule has 2 aromatic heterocycles. The summed E-state index contributed by atoms with van der Waals surface area (Å²) in [5.74, 6) is 0.942. The van der Waals surface area contributed by atoms with Gasteiger partial charge in [-0.05, 0) is 43.3 Å². The number of fused-ring (bicyclic) bond motifs is 1. The summed E-state index contributed by atoms with van der Waals surface area (Å²) in [4.78, 5) is 21.1. The molecule has 2 aromatic carbocycles. The van der Waals surface area contributed by atoms with E-state index in [2.05, 4.69) is 25.7 Å². The van der Waals surface area contributed by atoms with E-state index < -0.39 is 11.7 Å². The summed E-state index contributed by atoms with van der Waals surface area (Å²) in [6.45, 7) is 2.50. The second-order valence-electron chi connectivity index (χ2n) is 6.77. The number of aromatic nitrogens is 4. The molecule has 4 aromatic rings.